The molecule has 1 N–H and O–H groups in total. The smallest absolute Gasteiger partial charge is 0.166 e. The zero-order chi connectivity index (χ0) is 15.6. The van der Waals surface area contributed by atoms with Gasteiger partial charge in [-0.2, -0.15) is 0 Å². The van der Waals surface area contributed by atoms with Crippen LogP contribution in [0.15, 0.2) is 24.3 Å². The number of rotatable bonds is 9. The van der Waals surface area contributed by atoms with E-state index in [1.165, 1.54) is 25.7 Å². The molecule has 0 unspecified atom stereocenters. The molecule has 3 heteroatoms. The van der Waals surface area contributed by atoms with E-state index in [1.54, 1.807) is 0 Å². The molecular formula is C19H29NO2. The molecule has 1 aliphatic rings. The number of benzene rings is 1. The average Bonchev–Trinajstić information content (AvgIpc) is 2.59. The fourth-order valence-corrected chi connectivity index (χ4v) is 2.93. The zero-order valence-corrected chi connectivity index (χ0v) is 13.8. The summed E-state index contributed by atoms with van der Waals surface area (Å²) in [4.78, 5) is 12.4. The number of Topliss-reactive ketones (excluding diaryl/α,β-unsaturated/α-hetero) is 1. The van der Waals surface area contributed by atoms with Crippen LogP contribution in [0.4, 0.5) is 0 Å². The molecule has 0 spiro atoms. The third-order valence-corrected chi connectivity index (χ3v) is 4.37. The van der Waals surface area contributed by atoms with Gasteiger partial charge in [0.2, 0.25) is 0 Å². The maximum Gasteiger partial charge on any atom is 0.166 e. The monoisotopic (exact) mass is 303 g/mol. The van der Waals surface area contributed by atoms with Crippen LogP contribution in [0.2, 0.25) is 0 Å². The molecule has 122 valence electrons. The van der Waals surface area contributed by atoms with Crippen LogP contribution < -0.4 is 10.1 Å². The summed E-state index contributed by atoms with van der Waals surface area (Å²) in [5, 5.41) is 3.30. The predicted octanol–water partition coefficient (Wildman–Crippen LogP) is 4.22. The molecule has 0 saturated carbocycles. The van der Waals surface area contributed by atoms with Crippen molar-refractivity contribution in [3.05, 3.63) is 29.8 Å². The molecule has 2 rings (SSSR count). The minimum atomic E-state index is 0.187. The largest absolute Gasteiger partial charge is 0.494 e. The van der Waals surface area contributed by atoms with Gasteiger partial charge in [-0.3, -0.25) is 4.79 Å². The number of piperidine rings is 1. The van der Waals surface area contributed by atoms with Crippen LogP contribution in [-0.2, 0) is 0 Å². The maximum atomic E-state index is 12.4. The first-order chi connectivity index (χ1) is 10.8. The lowest BCUT2D eigenvalue weighted by Crippen LogP contribution is -2.31. The minimum Gasteiger partial charge on any atom is -0.494 e. The third-order valence-electron chi connectivity index (χ3n) is 4.37. The molecule has 0 atom stereocenters. The molecule has 0 aromatic heterocycles. The first kappa shape index (κ1) is 17.0. The molecule has 0 amide bonds. The number of nitrogens with one attached hydrogen (secondary N) is 1. The second kappa shape index (κ2) is 9.62. The molecule has 1 aromatic carbocycles. The van der Waals surface area contributed by atoms with Crippen LogP contribution in [0, 0.1) is 5.92 Å². The van der Waals surface area contributed by atoms with Gasteiger partial charge < -0.3 is 10.1 Å². The highest BCUT2D eigenvalue weighted by molar-refractivity contribution is 5.98. The van der Waals surface area contributed by atoms with Gasteiger partial charge in [0.25, 0.3) is 0 Å². The molecule has 1 fully saturated rings. The zero-order valence-electron chi connectivity index (χ0n) is 13.8. The van der Waals surface area contributed by atoms with Gasteiger partial charge in [-0.1, -0.05) is 32.6 Å². The Kier molecular flexibility index (Phi) is 7.44. The summed E-state index contributed by atoms with van der Waals surface area (Å²) >= 11 is 0. The summed E-state index contributed by atoms with van der Waals surface area (Å²) in [6.45, 7) is 4.90. The van der Waals surface area contributed by atoms with Gasteiger partial charge in [0.15, 0.2) is 5.78 Å². The molecule has 1 saturated heterocycles. The SMILES string of the molecule is CCCCCCCOc1ccc(C(=O)C2CCNCC2)cc1. The summed E-state index contributed by atoms with van der Waals surface area (Å²) < 4.78 is 5.75. The Morgan fingerprint density at radius 2 is 1.77 bits per heavy atom. The van der Waals surface area contributed by atoms with Crippen LogP contribution in [0.3, 0.4) is 0 Å². The number of ketones is 1. The van der Waals surface area contributed by atoms with Crippen molar-refractivity contribution in [1.82, 2.24) is 5.32 Å². The number of hydrogen-bond acceptors (Lipinski definition) is 3. The number of unbranched alkanes of at least 4 members (excludes halogenated alkanes) is 4. The minimum absolute atomic E-state index is 0.187. The van der Waals surface area contributed by atoms with Gasteiger partial charge >= 0.3 is 0 Å². The molecule has 0 radical (unpaired) electrons. The van der Waals surface area contributed by atoms with Crippen molar-refractivity contribution in [1.29, 1.82) is 0 Å². The van der Waals surface area contributed by atoms with Gasteiger partial charge in [-0.05, 0) is 56.6 Å². The van der Waals surface area contributed by atoms with Gasteiger partial charge in [-0.15, -0.1) is 0 Å². The second-order valence-electron chi connectivity index (χ2n) is 6.18. The highest BCUT2D eigenvalue weighted by Gasteiger charge is 2.21. The van der Waals surface area contributed by atoms with Crippen LogP contribution in [0.5, 0.6) is 5.75 Å². The lowest BCUT2D eigenvalue weighted by Gasteiger charge is -2.21. The van der Waals surface area contributed by atoms with Crippen molar-refractivity contribution >= 4 is 5.78 Å². The van der Waals surface area contributed by atoms with Gasteiger partial charge in [0, 0.05) is 11.5 Å². The van der Waals surface area contributed by atoms with Gasteiger partial charge in [0.1, 0.15) is 5.75 Å². The van der Waals surface area contributed by atoms with E-state index in [0.717, 1.165) is 50.3 Å². The Hall–Kier alpha value is -1.35. The molecule has 0 aliphatic carbocycles. The highest BCUT2D eigenvalue weighted by Crippen LogP contribution is 2.20. The van der Waals surface area contributed by atoms with Gasteiger partial charge in [0.05, 0.1) is 6.61 Å². The summed E-state index contributed by atoms with van der Waals surface area (Å²) in [7, 11) is 0. The Balaban J connectivity index is 1.73. The lowest BCUT2D eigenvalue weighted by molar-refractivity contribution is 0.0895. The summed E-state index contributed by atoms with van der Waals surface area (Å²) in [5.41, 5.74) is 0.821. The van der Waals surface area contributed by atoms with Crippen molar-refractivity contribution in [2.45, 2.75) is 51.9 Å². The van der Waals surface area contributed by atoms with Crippen molar-refractivity contribution < 1.29 is 9.53 Å². The van der Waals surface area contributed by atoms with Crippen LogP contribution >= 0.6 is 0 Å². The van der Waals surface area contributed by atoms with Gasteiger partial charge in [-0.25, -0.2) is 0 Å². The molecule has 0 bridgehead atoms. The molecule has 1 heterocycles. The first-order valence-corrected chi connectivity index (χ1v) is 8.79. The average molecular weight is 303 g/mol. The van der Waals surface area contributed by atoms with Crippen molar-refractivity contribution in [2.75, 3.05) is 19.7 Å². The van der Waals surface area contributed by atoms with E-state index in [1.807, 2.05) is 24.3 Å². The van der Waals surface area contributed by atoms with Crippen LogP contribution in [-0.4, -0.2) is 25.5 Å². The first-order valence-electron chi connectivity index (χ1n) is 8.79. The van der Waals surface area contributed by atoms with Crippen molar-refractivity contribution in [3.8, 4) is 5.75 Å². The lowest BCUT2D eigenvalue weighted by atomic mass is 9.90. The molecule has 1 aliphatic heterocycles. The van der Waals surface area contributed by atoms with E-state index in [4.69, 9.17) is 4.74 Å². The fourth-order valence-electron chi connectivity index (χ4n) is 2.93. The Morgan fingerprint density at radius 1 is 1.09 bits per heavy atom. The third kappa shape index (κ3) is 5.45. The van der Waals surface area contributed by atoms with E-state index in [-0.39, 0.29) is 11.7 Å². The summed E-state index contributed by atoms with van der Waals surface area (Å²) in [5.74, 6) is 1.34. The maximum absolute atomic E-state index is 12.4. The van der Waals surface area contributed by atoms with E-state index >= 15 is 0 Å². The standard InChI is InChI=1S/C19H29NO2/c1-2-3-4-5-6-15-22-18-9-7-16(8-10-18)19(21)17-11-13-20-14-12-17/h7-10,17,20H,2-6,11-15H2,1H3. The summed E-state index contributed by atoms with van der Waals surface area (Å²) in [6, 6.07) is 7.69. The Morgan fingerprint density at radius 3 is 2.45 bits per heavy atom. The highest BCUT2D eigenvalue weighted by atomic mass is 16.5. The van der Waals surface area contributed by atoms with E-state index < -0.39 is 0 Å². The normalized spacial score (nSPS) is 15.7. The number of carbonyl (C=O) groups is 1. The molecule has 1 aromatic rings. The predicted molar refractivity (Wildman–Crippen MR) is 90.6 cm³/mol. The van der Waals surface area contributed by atoms with Crippen molar-refractivity contribution in [2.24, 2.45) is 5.92 Å². The van der Waals surface area contributed by atoms with E-state index in [0.29, 0.717) is 0 Å². The molecular weight excluding hydrogens is 274 g/mol. The van der Waals surface area contributed by atoms with Crippen LogP contribution in [0.25, 0.3) is 0 Å². The molecule has 22 heavy (non-hydrogen) atoms. The number of carbonyl (C=O) groups excluding carboxylic acids is 1. The Labute approximate surface area is 134 Å². The Bertz CT molecular complexity index is 435. The van der Waals surface area contributed by atoms with Crippen molar-refractivity contribution in [3.63, 3.8) is 0 Å². The fraction of sp³-hybridized carbons (Fsp3) is 0.632. The quantitative estimate of drug-likeness (QED) is 0.548. The number of ether oxygens (including phenoxy) is 1. The number of hydrogen-bond donors (Lipinski definition) is 1. The molecule has 3 nitrogen and oxygen atoms in total. The topological polar surface area (TPSA) is 38.3 Å². The summed E-state index contributed by atoms with van der Waals surface area (Å²) in [6.07, 6.45) is 8.13. The van der Waals surface area contributed by atoms with E-state index in [9.17, 15) is 4.79 Å². The van der Waals surface area contributed by atoms with Crippen LogP contribution in [0.1, 0.15) is 62.2 Å². The second-order valence-corrected chi connectivity index (χ2v) is 6.18. The van der Waals surface area contributed by atoms with E-state index in [2.05, 4.69) is 12.2 Å².